The van der Waals surface area contributed by atoms with Crippen LogP contribution in [0.3, 0.4) is 0 Å². The van der Waals surface area contributed by atoms with Crippen molar-refractivity contribution in [1.29, 1.82) is 0 Å². The fourth-order valence-electron chi connectivity index (χ4n) is 1.82. The summed E-state index contributed by atoms with van der Waals surface area (Å²) in [6, 6.07) is -0.0949. The Hall–Kier alpha value is -1.02. The van der Waals surface area contributed by atoms with Crippen molar-refractivity contribution >= 4 is 22.4 Å². The summed E-state index contributed by atoms with van der Waals surface area (Å²) in [6.07, 6.45) is 0. The SMILES string of the molecule is Cc1csc(NC(=O)CN2CCOCC2CO)n1. The Balaban J connectivity index is 1.86. The fraction of sp³-hybridized carbons (Fsp3) is 0.636. The summed E-state index contributed by atoms with van der Waals surface area (Å²) < 4.78 is 5.26. The third-order valence-corrected chi connectivity index (χ3v) is 3.65. The molecule has 0 bridgehead atoms. The van der Waals surface area contributed by atoms with Gasteiger partial charge in [-0.2, -0.15) is 0 Å². The maximum absolute atomic E-state index is 11.8. The molecule has 1 aromatic heterocycles. The lowest BCUT2D eigenvalue weighted by atomic mass is 10.2. The number of amides is 1. The molecular formula is C11H17N3O3S. The van der Waals surface area contributed by atoms with Gasteiger partial charge in [-0.15, -0.1) is 11.3 Å². The molecule has 1 unspecified atom stereocenters. The summed E-state index contributed by atoms with van der Waals surface area (Å²) in [5.41, 5.74) is 0.898. The molecule has 6 nitrogen and oxygen atoms in total. The topological polar surface area (TPSA) is 74.7 Å². The maximum Gasteiger partial charge on any atom is 0.240 e. The number of ether oxygens (including phenoxy) is 1. The van der Waals surface area contributed by atoms with Crippen molar-refractivity contribution in [1.82, 2.24) is 9.88 Å². The van der Waals surface area contributed by atoms with E-state index in [1.54, 1.807) is 0 Å². The van der Waals surface area contributed by atoms with Gasteiger partial charge >= 0.3 is 0 Å². The summed E-state index contributed by atoms with van der Waals surface area (Å²) in [6.45, 7) is 3.88. The monoisotopic (exact) mass is 271 g/mol. The van der Waals surface area contributed by atoms with E-state index in [2.05, 4.69) is 10.3 Å². The van der Waals surface area contributed by atoms with E-state index in [0.29, 0.717) is 24.9 Å². The van der Waals surface area contributed by atoms with Crippen LogP contribution in [0, 0.1) is 6.92 Å². The Kier molecular flexibility index (Phi) is 4.65. The fourth-order valence-corrected chi connectivity index (χ4v) is 2.52. The summed E-state index contributed by atoms with van der Waals surface area (Å²) >= 11 is 1.41. The van der Waals surface area contributed by atoms with E-state index in [-0.39, 0.29) is 25.1 Å². The first-order valence-electron chi connectivity index (χ1n) is 5.83. The molecule has 2 N–H and O–H groups in total. The van der Waals surface area contributed by atoms with Gasteiger partial charge in [0.05, 0.1) is 38.1 Å². The number of nitrogens with one attached hydrogen (secondary N) is 1. The van der Waals surface area contributed by atoms with Crippen molar-refractivity contribution < 1.29 is 14.6 Å². The van der Waals surface area contributed by atoms with Gasteiger partial charge in [0.2, 0.25) is 5.91 Å². The van der Waals surface area contributed by atoms with Gasteiger partial charge in [-0.3, -0.25) is 9.69 Å². The summed E-state index contributed by atoms with van der Waals surface area (Å²) in [7, 11) is 0. The molecule has 7 heteroatoms. The number of rotatable bonds is 4. The highest BCUT2D eigenvalue weighted by atomic mass is 32.1. The van der Waals surface area contributed by atoms with Crippen LogP contribution in [0.4, 0.5) is 5.13 Å². The van der Waals surface area contributed by atoms with Crippen LogP contribution in [-0.2, 0) is 9.53 Å². The van der Waals surface area contributed by atoms with Crippen LogP contribution in [0.2, 0.25) is 0 Å². The van der Waals surface area contributed by atoms with Crippen LogP contribution >= 0.6 is 11.3 Å². The number of anilines is 1. The Bertz CT molecular complexity index is 410. The predicted molar refractivity (Wildman–Crippen MR) is 68.7 cm³/mol. The molecule has 0 aromatic carbocycles. The van der Waals surface area contributed by atoms with Gasteiger partial charge in [0.15, 0.2) is 5.13 Å². The van der Waals surface area contributed by atoms with Gasteiger partial charge in [0.25, 0.3) is 0 Å². The van der Waals surface area contributed by atoms with Crippen LogP contribution < -0.4 is 5.32 Å². The van der Waals surface area contributed by atoms with E-state index in [9.17, 15) is 9.90 Å². The Morgan fingerprint density at radius 2 is 2.61 bits per heavy atom. The summed E-state index contributed by atoms with van der Waals surface area (Å²) in [5.74, 6) is -0.107. The zero-order valence-corrected chi connectivity index (χ0v) is 11.1. The van der Waals surface area contributed by atoms with Crippen molar-refractivity contribution in [2.75, 3.05) is 38.2 Å². The number of nitrogens with zero attached hydrogens (tertiary/aromatic N) is 2. The highest BCUT2D eigenvalue weighted by molar-refractivity contribution is 7.13. The number of hydrogen-bond acceptors (Lipinski definition) is 6. The van der Waals surface area contributed by atoms with E-state index >= 15 is 0 Å². The van der Waals surface area contributed by atoms with Gasteiger partial charge < -0.3 is 15.2 Å². The van der Waals surface area contributed by atoms with Gasteiger partial charge in [0, 0.05) is 11.9 Å². The molecule has 1 fully saturated rings. The number of aryl methyl sites for hydroxylation is 1. The summed E-state index contributed by atoms with van der Waals surface area (Å²) in [4.78, 5) is 17.9. The second-order valence-electron chi connectivity index (χ2n) is 4.22. The number of carbonyl (C=O) groups excluding carboxylic acids is 1. The lowest BCUT2D eigenvalue weighted by molar-refractivity contribution is -0.120. The molecule has 100 valence electrons. The zero-order chi connectivity index (χ0) is 13.0. The average Bonchev–Trinajstić information content (AvgIpc) is 2.75. The largest absolute Gasteiger partial charge is 0.395 e. The molecular weight excluding hydrogens is 254 g/mol. The first kappa shape index (κ1) is 13.4. The minimum absolute atomic E-state index is 0.00361. The molecule has 1 aliphatic rings. The lowest BCUT2D eigenvalue weighted by Crippen LogP contribution is -2.50. The van der Waals surface area contributed by atoms with Crippen LogP contribution in [-0.4, -0.2) is 59.8 Å². The highest BCUT2D eigenvalue weighted by Gasteiger charge is 2.24. The molecule has 1 amide bonds. The first-order valence-corrected chi connectivity index (χ1v) is 6.71. The van der Waals surface area contributed by atoms with Gasteiger partial charge in [-0.05, 0) is 6.92 Å². The zero-order valence-electron chi connectivity index (χ0n) is 10.3. The second-order valence-corrected chi connectivity index (χ2v) is 5.08. The number of morpholine rings is 1. The smallest absolute Gasteiger partial charge is 0.240 e. The second kappa shape index (κ2) is 6.24. The normalized spacial score (nSPS) is 20.9. The minimum Gasteiger partial charge on any atom is -0.395 e. The van der Waals surface area contributed by atoms with Crippen molar-refractivity contribution in [3.05, 3.63) is 11.1 Å². The Morgan fingerprint density at radius 3 is 3.28 bits per heavy atom. The molecule has 18 heavy (non-hydrogen) atoms. The standard InChI is InChI=1S/C11H17N3O3S/c1-8-7-18-11(12-8)13-10(16)4-14-2-3-17-6-9(14)5-15/h7,9,15H,2-6H2,1H3,(H,12,13,16). The lowest BCUT2D eigenvalue weighted by Gasteiger charge is -2.33. The molecule has 0 saturated carbocycles. The molecule has 0 spiro atoms. The molecule has 1 saturated heterocycles. The number of carbonyl (C=O) groups is 1. The molecule has 2 rings (SSSR count). The Morgan fingerprint density at radius 1 is 1.78 bits per heavy atom. The van der Waals surface area contributed by atoms with Crippen LogP contribution in [0.25, 0.3) is 0 Å². The van der Waals surface area contributed by atoms with E-state index in [0.717, 1.165) is 5.69 Å². The minimum atomic E-state index is -0.107. The third kappa shape index (κ3) is 3.49. The first-order chi connectivity index (χ1) is 8.69. The van der Waals surface area contributed by atoms with Crippen LogP contribution in [0.15, 0.2) is 5.38 Å². The molecule has 1 aromatic rings. The van der Waals surface area contributed by atoms with E-state index in [4.69, 9.17) is 4.74 Å². The number of aromatic nitrogens is 1. The molecule has 2 heterocycles. The average molecular weight is 271 g/mol. The van der Waals surface area contributed by atoms with Crippen molar-refractivity contribution in [3.8, 4) is 0 Å². The van der Waals surface area contributed by atoms with E-state index in [1.807, 2.05) is 17.2 Å². The van der Waals surface area contributed by atoms with Crippen molar-refractivity contribution in [2.24, 2.45) is 0 Å². The Labute approximate surface area is 110 Å². The van der Waals surface area contributed by atoms with Gasteiger partial charge in [-0.1, -0.05) is 0 Å². The number of hydrogen-bond donors (Lipinski definition) is 2. The van der Waals surface area contributed by atoms with Crippen LogP contribution in [0.1, 0.15) is 5.69 Å². The molecule has 0 aliphatic carbocycles. The number of aliphatic hydroxyl groups is 1. The van der Waals surface area contributed by atoms with Gasteiger partial charge in [-0.25, -0.2) is 4.98 Å². The highest BCUT2D eigenvalue weighted by Crippen LogP contribution is 2.14. The molecule has 1 aliphatic heterocycles. The predicted octanol–water partition coefficient (Wildman–Crippen LogP) is 0.0831. The third-order valence-electron chi connectivity index (χ3n) is 2.77. The number of thiazole rings is 1. The summed E-state index contributed by atoms with van der Waals surface area (Å²) in [5, 5.41) is 14.5. The number of aliphatic hydroxyl groups excluding tert-OH is 1. The molecule has 0 radical (unpaired) electrons. The maximum atomic E-state index is 11.8. The van der Waals surface area contributed by atoms with Crippen molar-refractivity contribution in [2.45, 2.75) is 13.0 Å². The van der Waals surface area contributed by atoms with E-state index in [1.165, 1.54) is 11.3 Å². The van der Waals surface area contributed by atoms with Crippen molar-refractivity contribution in [3.63, 3.8) is 0 Å². The molecule has 1 atom stereocenters. The van der Waals surface area contributed by atoms with Crippen LogP contribution in [0.5, 0.6) is 0 Å². The van der Waals surface area contributed by atoms with Gasteiger partial charge in [0.1, 0.15) is 0 Å². The van der Waals surface area contributed by atoms with E-state index < -0.39 is 0 Å². The quantitative estimate of drug-likeness (QED) is 0.811.